The van der Waals surface area contributed by atoms with Crippen LogP contribution in [0.2, 0.25) is 0 Å². The molecule has 0 bridgehead atoms. The van der Waals surface area contributed by atoms with Gasteiger partial charge in [-0.15, -0.1) is 0 Å². The summed E-state index contributed by atoms with van der Waals surface area (Å²) >= 11 is 0. The fourth-order valence-corrected chi connectivity index (χ4v) is 4.45. The number of carbonyl (C=O) groups excluding carboxylic acids is 1. The third-order valence-electron chi connectivity index (χ3n) is 6.29. The van der Waals surface area contributed by atoms with Crippen LogP contribution in [0.4, 0.5) is 17.3 Å². The van der Waals surface area contributed by atoms with Crippen molar-refractivity contribution in [3.63, 3.8) is 0 Å². The minimum absolute atomic E-state index is 0.0757. The van der Waals surface area contributed by atoms with Gasteiger partial charge in [0.05, 0.1) is 18.2 Å². The fraction of sp³-hybridized carbons (Fsp3) is 0.207. The number of carbonyl (C=O) groups is 1. The molecule has 1 aliphatic rings. The molecular formula is C29H29N5O2. The third kappa shape index (κ3) is 5.12. The van der Waals surface area contributed by atoms with Gasteiger partial charge in [0.2, 0.25) is 11.9 Å². The predicted octanol–water partition coefficient (Wildman–Crippen LogP) is 5.39. The molecule has 1 fully saturated rings. The van der Waals surface area contributed by atoms with Gasteiger partial charge in [-0.25, -0.2) is 9.97 Å². The SMILES string of the molecule is C=CC(=O)Nc1cccc(-c2c(CC)ccc3cnc(Nc4ccc(C5CNCCO5)cc4)nc23)c1. The van der Waals surface area contributed by atoms with E-state index in [2.05, 4.69) is 58.7 Å². The summed E-state index contributed by atoms with van der Waals surface area (Å²) < 4.78 is 5.85. The van der Waals surface area contributed by atoms with E-state index in [-0.39, 0.29) is 12.0 Å². The summed E-state index contributed by atoms with van der Waals surface area (Å²) in [5.41, 5.74) is 6.81. The van der Waals surface area contributed by atoms with Crippen LogP contribution in [0.15, 0.2) is 79.5 Å². The Morgan fingerprint density at radius 3 is 2.78 bits per heavy atom. The van der Waals surface area contributed by atoms with Gasteiger partial charge in [-0.2, -0.15) is 0 Å². The van der Waals surface area contributed by atoms with Gasteiger partial charge in [0.1, 0.15) is 0 Å². The van der Waals surface area contributed by atoms with Crippen LogP contribution in [0.3, 0.4) is 0 Å². The number of hydrogen-bond acceptors (Lipinski definition) is 6. The summed E-state index contributed by atoms with van der Waals surface area (Å²) in [6.45, 7) is 8.10. The van der Waals surface area contributed by atoms with E-state index in [1.807, 2.05) is 42.6 Å². The first-order valence-corrected chi connectivity index (χ1v) is 12.2. The van der Waals surface area contributed by atoms with Crippen LogP contribution >= 0.6 is 0 Å². The van der Waals surface area contributed by atoms with E-state index < -0.39 is 0 Å². The second kappa shape index (κ2) is 10.7. The summed E-state index contributed by atoms with van der Waals surface area (Å²) in [4.78, 5) is 21.3. The average Bonchev–Trinajstić information content (AvgIpc) is 2.93. The number of nitrogens with one attached hydrogen (secondary N) is 3. The molecule has 0 saturated carbocycles. The molecule has 0 spiro atoms. The molecular weight excluding hydrogens is 450 g/mol. The molecule has 36 heavy (non-hydrogen) atoms. The van der Waals surface area contributed by atoms with Crippen LogP contribution in [0.1, 0.15) is 24.2 Å². The van der Waals surface area contributed by atoms with E-state index in [0.29, 0.717) is 11.6 Å². The van der Waals surface area contributed by atoms with Crippen LogP contribution in [0.5, 0.6) is 0 Å². The predicted molar refractivity (Wildman–Crippen MR) is 144 cm³/mol. The lowest BCUT2D eigenvalue weighted by Gasteiger charge is -2.24. The maximum atomic E-state index is 11.8. The lowest BCUT2D eigenvalue weighted by Crippen LogP contribution is -2.33. The molecule has 1 atom stereocenters. The molecule has 3 aromatic carbocycles. The topological polar surface area (TPSA) is 88.2 Å². The Hall–Kier alpha value is -4.07. The summed E-state index contributed by atoms with van der Waals surface area (Å²) in [5.74, 6) is 0.281. The molecule has 1 aliphatic heterocycles. The number of amides is 1. The normalized spacial score (nSPS) is 15.4. The van der Waals surface area contributed by atoms with Gasteiger partial charge >= 0.3 is 0 Å². The number of nitrogens with zero attached hydrogens (tertiary/aromatic N) is 2. The Kier molecular flexibility index (Phi) is 7.02. The molecule has 1 amide bonds. The quantitative estimate of drug-likeness (QED) is 0.308. The monoisotopic (exact) mass is 479 g/mol. The molecule has 4 aromatic rings. The number of rotatable bonds is 7. The lowest BCUT2D eigenvalue weighted by atomic mass is 9.95. The highest BCUT2D eigenvalue weighted by Gasteiger charge is 2.16. The second-order valence-electron chi connectivity index (χ2n) is 8.67. The van der Waals surface area contributed by atoms with Crippen LogP contribution < -0.4 is 16.0 Å². The summed E-state index contributed by atoms with van der Waals surface area (Å²) in [6, 6.07) is 20.2. The Labute approximate surface area is 210 Å². The highest BCUT2D eigenvalue weighted by Crippen LogP contribution is 2.33. The smallest absolute Gasteiger partial charge is 0.247 e. The molecule has 7 heteroatoms. The van der Waals surface area contributed by atoms with Gasteiger partial charge in [0.15, 0.2) is 0 Å². The Morgan fingerprint density at radius 1 is 1.17 bits per heavy atom. The third-order valence-corrected chi connectivity index (χ3v) is 6.29. The van der Waals surface area contributed by atoms with Gasteiger partial charge in [-0.1, -0.05) is 49.9 Å². The number of morpholine rings is 1. The molecule has 0 aliphatic carbocycles. The molecule has 1 aromatic heterocycles. The van der Waals surface area contributed by atoms with Crippen molar-refractivity contribution in [3.8, 4) is 11.1 Å². The number of ether oxygens (including phenoxy) is 1. The zero-order valence-corrected chi connectivity index (χ0v) is 20.3. The highest BCUT2D eigenvalue weighted by atomic mass is 16.5. The zero-order valence-electron chi connectivity index (χ0n) is 20.3. The van der Waals surface area contributed by atoms with Crippen molar-refractivity contribution in [2.45, 2.75) is 19.4 Å². The summed E-state index contributed by atoms with van der Waals surface area (Å²) in [5, 5.41) is 10.5. The first-order valence-electron chi connectivity index (χ1n) is 12.2. The van der Waals surface area contributed by atoms with Crippen molar-refractivity contribution in [2.24, 2.45) is 0 Å². The number of benzene rings is 3. The van der Waals surface area contributed by atoms with Crippen molar-refractivity contribution < 1.29 is 9.53 Å². The van der Waals surface area contributed by atoms with E-state index in [9.17, 15) is 4.79 Å². The molecule has 1 unspecified atom stereocenters. The Bertz CT molecular complexity index is 1390. The van der Waals surface area contributed by atoms with Crippen LogP contribution in [0.25, 0.3) is 22.0 Å². The first kappa shape index (κ1) is 23.7. The number of fused-ring (bicyclic) bond motifs is 1. The van der Waals surface area contributed by atoms with Crippen molar-refractivity contribution in [1.29, 1.82) is 0 Å². The Balaban J connectivity index is 1.47. The van der Waals surface area contributed by atoms with Gasteiger partial charge in [-0.05, 0) is 53.5 Å². The van der Waals surface area contributed by atoms with Gasteiger partial charge in [0, 0.05) is 41.6 Å². The van der Waals surface area contributed by atoms with Crippen molar-refractivity contribution in [3.05, 3.63) is 90.6 Å². The van der Waals surface area contributed by atoms with Crippen molar-refractivity contribution >= 4 is 34.1 Å². The minimum atomic E-state index is -0.244. The highest BCUT2D eigenvalue weighted by molar-refractivity contribution is 6.00. The standard InChI is InChI=1S/C29H29N5O2/c1-3-19-8-9-22-17-31-29(33-23-12-10-20(11-13-23)25-18-30-14-15-36-25)34-28(22)27(19)21-6-5-7-24(16-21)32-26(35)4-2/h4-13,16-17,25,30H,2-3,14-15,18H2,1H3,(H,32,35)(H,31,33,34). The molecule has 1 saturated heterocycles. The molecule has 7 nitrogen and oxygen atoms in total. The maximum absolute atomic E-state index is 11.8. The minimum Gasteiger partial charge on any atom is -0.371 e. The van der Waals surface area contributed by atoms with Gasteiger partial charge in [-0.3, -0.25) is 4.79 Å². The van der Waals surface area contributed by atoms with Crippen LogP contribution in [-0.2, 0) is 16.0 Å². The van der Waals surface area contributed by atoms with Gasteiger partial charge < -0.3 is 20.7 Å². The molecule has 182 valence electrons. The van der Waals surface area contributed by atoms with Crippen molar-refractivity contribution in [1.82, 2.24) is 15.3 Å². The second-order valence-corrected chi connectivity index (χ2v) is 8.67. The molecule has 2 heterocycles. The number of anilines is 3. The summed E-state index contributed by atoms with van der Waals surface area (Å²) in [6.07, 6.45) is 4.03. The Morgan fingerprint density at radius 2 is 2.03 bits per heavy atom. The maximum Gasteiger partial charge on any atom is 0.247 e. The average molecular weight is 480 g/mol. The zero-order chi connectivity index (χ0) is 24.9. The van der Waals surface area contributed by atoms with Crippen molar-refractivity contribution in [2.75, 3.05) is 30.3 Å². The lowest BCUT2D eigenvalue weighted by molar-refractivity contribution is -0.111. The number of hydrogen-bond donors (Lipinski definition) is 3. The van der Waals surface area contributed by atoms with Crippen LogP contribution in [0, 0.1) is 0 Å². The fourth-order valence-electron chi connectivity index (χ4n) is 4.45. The van der Waals surface area contributed by atoms with E-state index >= 15 is 0 Å². The van der Waals surface area contributed by atoms with E-state index in [4.69, 9.17) is 9.72 Å². The molecule has 0 radical (unpaired) electrons. The van der Waals surface area contributed by atoms with E-state index in [0.717, 1.165) is 59.4 Å². The van der Waals surface area contributed by atoms with E-state index in [1.54, 1.807) is 0 Å². The first-order chi connectivity index (χ1) is 17.6. The summed E-state index contributed by atoms with van der Waals surface area (Å²) in [7, 11) is 0. The molecule has 5 rings (SSSR count). The largest absolute Gasteiger partial charge is 0.371 e. The number of aromatic nitrogens is 2. The molecule has 3 N–H and O–H groups in total. The van der Waals surface area contributed by atoms with E-state index in [1.165, 1.54) is 11.6 Å². The van der Waals surface area contributed by atoms with Gasteiger partial charge in [0.25, 0.3) is 0 Å². The van der Waals surface area contributed by atoms with Crippen LogP contribution in [-0.4, -0.2) is 35.6 Å². The number of aryl methyl sites for hydroxylation is 1.